The van der Waals surface area contributed by atoms with Crippen molar-refractivity contribution in [1.29, 1.82) is 0 Å². The molecule has 2 N–H and O–H groups in total. The Labute approximate surface area is 194 Å². The smallest absolute Gasteiger partial charge is 0.220 e. The van der Waals surface area contributed by atoms with Gasteiger partial charge >= 0.3 is 0 Å². The van der Waals surface area contributed by atoms with Crippen LogP contribution in [0.15, 0.2) is 18.2 Å². The molecule has 6 nitrogen and oxygen atoms in total. The quantitative estimate of drug-likeness (QED) is 0.539. The molecule has 2 aliphatic rings. The van der Waals surface area contributed by atoms with Crippen molar-refractivity contribution in [2.75, 3.05) is 32.6 Å². The number of benzene rings is 1. The highest BCUT2D eigenvalue weighted by Gasteiger charge is 2.27. The minimum Gasteiger partial charge on any atom is -0.486 e. The lowest BCUT2D eigenvalue weighted by Gasteiger charge is -2.29. The van der Waals surface area contributed by atoms with Crippen LogP contribution in [0.4, 0.5) is 0 Å². The number of nitrogens with one attached hydrogen (secondary N) is 1. The number of amides is 1. The lowest BCUT2D eigenvalue weighted by Crippen LogP contribution is -2.46. The van der Waals surface area contributed by atoms with E-state index in [4.69, 9.17) is 28.7 Å². The molecule has 2 heterocycles. The standard InChI is InChI=1S/C23H36N2O4/c1-2-3-4-5-6-9-22(26)24-19(17-25-12-7-8-13-25)23(27)18-10-11-20-21(16-18)29-15-14-28-20/h10-11,16,19,23,27H,2-9,12-15,17H2,1H3,(H,24,26)/t19-,23-/m1/s1/i7D2,8D2,12D2,13D2,14D2,15D2,17D2. The van der Waals surface area contributed by atoms with Crippen molar-refractivity contribution in [3.05, 3.63) is 23.8 Å². The van der Waals surface area contributed by atoms with Crippen molar-refractivity contribution in [2.24, 2.45) is 0 Å². The largest absolute Gasteiger partial charge is 0.486 e. The predicted octanol–water partition coefficient (Wildman–Crippen LogP) is 3.43. The fourth-order valence-corrected chi connectivity index (χ4v) is 2.93. The molecule has 162 valence electrons. The van der Waals surface area contributed by atoms with Crippen molar-refractivity contribution < 1.29 is 38.6 Å². The second kappa shape index (κ2) is 11.4. The Kier molecular flexibility index (Phi) is 3.94. The molecule has 0 bridgehead atoms. The molecule has 1 fully saturated rings. The van der Waals surface area contributed by atoms with Crippen LogP contribution in [0.1, 0.15) is 89.1 Å². The lowest BCUT2D eigenvalue weighted by atomic mass is 10.0. The van der Waals surface area contributed by atoms with Gasteiger partial charge in [0.25, 0.3) is 0 Å². The number of fused-ring (bicyclic) bond motifs is 1. The first kappa shape index (κ1) is 10.0. The minimum atomic E-state index is -3.62. The molecule has 0 radical (unpaired) electrons. The van der Waals surface area contributed by atoms with Crippen LogP contribution in [0.25, 0.3) is 0 Å². The van der Waals surface area contributed by atoms with Crippen LogP contribution in [0, 0.1) is 0 Å². The van der Waals surface area contributed by atoms with Crippen molar-refractivity contribution in [3.8, 4) is 11.5 Å². The first-order chi connectivity index (χ1) is 19.4. The fourth-order valence-electron chi connectivity index (χ4n) is 2.93. The normalized spacial score (nSPS) is 36.5. The summed E-state index contributed by atoms with van der Waals surface area (Å²) in [5.41, 5.74) is -0.260. The van der Waals surface area contributed by atoms with Crippen LogP contribution in [0.2, 0.25) is 0 Å². The van der Waals surface area contributed by atoms with E-state index in [1.165, 1.54) is 0 Å². The number of carbonyl (C=O) groups excluding carboxylic acids is 1. The molecule has 1 aromatic rings. The zero-order chi connectivity index (χ0) is 33.0. The number of hydrogen-bond donors (Lipinski definition) is 2. The van der Waals surface area contributed by atoms with Gasteiger partial charge in [0.15, 0.2) is 11.5 Å². The van der Waals surface area contributed by atoms with Crippen LogP contribution in [-0.2, 0) is 4.79 Å². The lowest BCUT2D eigenvalue weighted by molar-refractivity contribution is -0.123. The van der Waals surface area contributed by atoms with Gasteiger partial charge < -0.3 is 24.8 Å². The molecule has 29 heavy (non-hydrogen) atoms. The third-order valence-electron chi connectivity index (χ3n) is 4.48. The number of likely N-dealkylation sites (tertiary alicyclic amines) is 1. The molecule has 2 atom stereocenters. The number of aliphatic hydroxyl groups is 1. The number of ether oxygens (including phenoxy) is 2. The topological polar surface area (TPSA) is 71.0 Å². The van der Waals surface area contributed by atoms with Gasteiger partial charge in [-0.2, -0.15) is 0 Å². The fraction of sp³-hybridized carbons (Fsp3) is 0.696. The Hall–Kier alpha value is -1.79. The second-order valence-corrected chi connectivity index (χ2v) is 6.71. The molecule has 0 aliphatic carbocycles. The van der Waals surface area contributed by atoms with E-state index in [-0.39, 0.29) is 22.6 Å². The predicted molar refractivity (Wildman–Crippen MR) is 113 cm³/mol. The van der Waals surface area contributed by atoms with Crippen LogP contribution in [0.3, 0.4) is 0 Å². The van der Waals surface area contributed by atoms with E-state index in [1.807, 2.05) is 6.92 Å². The van der Waals surface area contributed by atoms with Gasteiger partial charge in [-0.25, -0.2) is 0 Å². The summed E-state index contributed by atoms with van der Waals surface area (Å²) in [5.74, 6) is -1.45. The maximum atomic E-state index is 13.0. The molecule has 6 heteroatoms. The Morgan fingerprint density at radius 1 is 1.21 bits per heavy atom. The Morgan fingerprint density at radius 3 is 2.69 bits per heavy atom. The van der Waals surface area contributed by atoms with Crippen molar-refractivity contribution in [1.82, 2.24) is 10.2 Å². The average Bonchev–Trinajstić information content (AvgIpc) is 2.93. The summed E-state index contributed by atoms with van der Waals surface area (Å²) >= 11 is 0. The minimum absolute atomic E-state index is 0.138. The summed E-state index contributed by atoms with van der Waals surface area (Å²) in [6.45, 7) is -14.6. The highest BCUT2D eigenvalue weighted by Crippen LogP contribution is 2.33. The van der Waals surface area contributed by atoms with E-state index in [9.17, 15) is 9.90 Å². The summed E-state index contributed by atoms with van der Waals surface area (Å²) in [7, 11) is 0. The number of unbranched alkanes of at least 4 members (excludes halogenated alkanes) is 4. The average molecular weight is 419 g/mol. The third kappa shape index (κ3) is 6.61. The first-order valence-corrected chi connectivity index (χ1v) is 9.70. The van der Waals surface area contributed by atoms with Crippen LogP contribution in [0.5, 0.6) is 11.5 Å². The number of aliphatic hydroxyl groups excluding tert-OH is 1. The zero-order valence-electron chi connectivity index (χ0n) is 30.2. The SMILES string of the molecule is [2H]C([2H])([C@@H](NC(=O)CCCCCCC)[C@H](O)c1ccc2c(c1)OC([2H])([2H])C([2H])([2H])O2)N1C([2H])([2H])C([2H])([2H])C([2H])([2H])C1([2H])[2H]. The third-order valence-corrected chi connectivity index (χ3v) is 4.48. The van der Waals surface area contributed by atoms with E-state index >= 15 is 0 Å². The maximum absolute atomic E-state index is 13.0. The molecule has 1 saturated heterocycles. The summed E-state index contributed by atoms with van der Waals surface area (Å²) in [5, 5.41) is 13.7. The highest BCUT2D eigenvalue weighted by molar-refractivity contribution is 5.76. The zero-order valence-corrected chi connectivity index (χ0v) is 16.2. The van der Waals surface area contributed by atoms with Gasteiger partial charge in [-0.15, -0.1) is 0 Å². The molecule has 0 saturated carbocycles. The molecular formula is C23H36N2O4. The van der Waals surface area contributed by atoms with Crippen LogP contribution >= 0.6 is 0 Å². The van der Waals surface area contributed by atoms with E-state index in [1.54, 1.807) is 0 Å². The highest BCUT2D eigenvalue weighted by atomic mass is 16.6. The number of nitrogens with zero attached hydrogens (tertiary/aromatic N) is 1. The van der Waals surface area contributed by atoms with Crippen molar-refractivity contribution in [2.45, 2.75) is 70.3 Å². The molecule has 3 rings (SSSR count). The summed E-state index contributed by atoms with van der Waals surface area (Å²) in [6.07, 6.45) is -5.69. The molecule has 1 amide bonds. The summed E-state index contributed by atoms with van der Waals surface area (Å²) in [6, 6.07) is 0.972. The van der Waals surface area contributed by atoms with E-state index in [0.717, 1.165) is 37.5 Å². The number of hydrogen-bond acceptors (Lipinski definition) is 5. The molecular weight excluding hydrogens is 368 g/mol. The molecule has 0 spiro atoms. The van der Waals surface area contributed by atoms with E-state index in [0.29, 0.717) is 12.8 Å². The molecule has 0 unspecified atom stereocenters. The molecule has 1 aromatic carbocycles. The maximum Gasteiger partial charge on any atom is 0.220 e. The number of rotatable bonds is 11. The van der Waals surface area contributed by atoms with Crippen molar-refractivity contribution in [3.63, 3.8) is 0 Å². The van der Waals surface area contributed by atoms with Gasteiger partial charge in [-0.3, -0.25) is 4.79 Å². The van der Waals surface area contributed by atoms with Gasteiger partial charge in [0.1, 0.15) is 19.2 Å². The van der Waals surface area contributed by atoms with E-state index in [2.05, 4.69) is 5.32 Å². The van der Waals surface area contributed by atoms with Gasteiger partial charge in [0.2, 0.25) is 5.91 Å². The Morgan fingerprint density at radius 2 is 1.93 bits per heavy atom. The monoisotopic (exact) mass is 418 g/mol. The van der Waals surface area contributed by atoms with Crippen molar-refractivity contribution >= 4 is 5.91 Å². The number of carbonyl (C=O) groups is 1. The summed E-state index contributed by atoms with van der Waals surface area (Å²) < 4.78 is 124. The van der Waals surface area contributed by atoms with Crippen LogP contribution < -0.4 is 14.8 Å². The second-order valence-electron chi connectivity index (χ2n) is 6.71. The molecule has 0 aromatic heterocycles. The Bertz CT molecular complexity index is 1170. The first-order valence-electron chi connectivity index (χ1n) is 16.7. The van der Waals surface area contributed by atoms with Gasteiger partial charge in [-0.05, 0) is 49.9 Å². The van der Waals surface area contributed by atoms with E-state index < -0.39 is 69.2 Å². The van der Waals surface area contributed by atoms with Gasteiger partial charge in [0.05, 0.1) is 11.5 Å². The van der Waals surface area contributed by atoms with Crippen LogP contribution in [-0.4, -0.2) is 54.6 Å². The Balaban J connectivity index is 2.06. The molecule has 2 aliphatic heterocycles. The van der Waals surface area contributed by atoms with Gasteiger partial charge in [-0.1, -0.05) is 38.7 Å². The van der Waals surface area contributed by atoms with Gasteiger partial charge in [0, 0.05) is 26.6 Å². The summed E-state index contributed by atoms with van der Waals surface area (Å²) in [4.78, 5) is 12.7.